The number of aromatic nitrogens is 3. The molecule has 1 aromatic rings. The van der Waals surface area contributed by atoms with Crippen molar-refractivity contribution < 1.29 is 32.3 Å². The van der Waals surface area contributed by atoms with Crippen LogP contribution in [0.5, 0.6) is 0 Å². The largest absolute Gasteiger partial charge is 3.00 e. The Bertz CT molecular complexity index is 244. The van der Waals surface area contributed by atoms with Crippen molar-refractivity contribution in [1.82, 2.24) is 15.2 Å². The second-order valence-electron chi connectivity index (χ2n) is 1.32. The van der Waals surface area contributed by atoms with Crippen LogP contribution < -0.4 is 0 Å². The third-order valence-electron chi connectivity index (χ3n) is 0.331. The van der Waals surface area contributed by atoms with Gasteiger partial charge in [-0.1, -0.05) is 0 Å². The monoisotopic (exact) mass is 311 g/mol. The Morgan fingerprint density at radius 1 is 0.833 bits per heavy atom. The first kappa shape index (κ1) is 24.5. The summed E-state index contributed by atoms with van der Waals surface area (Å²) in [5.41, 5.74) is 0. The van der Waals surface area contributed by atoms with Crippen molar-refractivity contribution in [2.75, 3.05) is 0 Å². The van der Waals surface area contributed by atoms with Gasteiger partial charge in [0.1, 0.15) is 12.7 Å². The zero-order valence-electron chi connectivity index (χ0n) is 7.92. The minimum absolute atomic E-state index is 0. The van der Waals surface area contributed by atoms with E-state index in [0.717, 1.165) is 0 Å². The fraction of sp³-hybridized carbons (Fsp3) is 0. The van der Waals surface area contributed by atoms with Crippen LogP contribution in [0.25, 0.3) is 0 Å². The normalized spacial score (nSPS) is 6.22. The summed E-state index contributed by atoms with van der Waals surface area (Å²) < 4.78 is 0. The van der Waals surface area contributed by atoms with Gasteiger partial charge in [0.2, 0.25) is 0 Å². The molecule has 1 N–H and O–H groups in total. The van der Waals surface area contributed by atoms with E-state index >= 15 is 0 Å². The Hall–Kier alpha value is -2.74. The third-order valence-corrected chi connectivity index (χ3v) is 0.331. The number of hydrogen-bond donors (Lipinski definition) is 1. The Morgan fingerprint density at radius 2 is 1.11 bits per heavy atom. The SMILES string of the molecule is O=[N+]([O-])[O-].O=[N+]([O-])[O-].O=[N+]([O-])[O-].[Fe+3].c1nc[nH]n1. The van der Waals surface area contributed by atoms with E-state index in [1.807, 2.05) is 0 Å². The maximum absolute atomic E-state index is 8.25. The molecule has 0 saturated heterocycles. The molecule has 15 nitrogen and oxygen atoms in total. The van der Waals surface area contributed by atoms with Crippen LogP contribution in [0.3, 0.4) is 0 Å². The average Bonchev–Trinajstić information content (AvgIpc) is 2.53. The van der Waals surface area contributed by atoms with Gasteiger partial charge < -0.3 is 46.0 Å². The topological polar surface area (TPSA) is 240 Å². The van der Waals surface area contributed by atoms with Crippen molar-refractivity contribution >= 4 is 0 Å². The summed E-state index contributed by atoms with van der Waals surface area (Å²) in [5, 5.41) is 50.2. The molecule has 0 saturated carbocycles. The second kappa shape index (κ2) is 19.8. The van der Waals surface area contributed by atoms with E-state index in [1.54, 1.807) is 0 Å². The van der Waals surface area contributed by atoms with Gasteiger partial charge in [-0.3, -0.25) is 5.10 Å². The molecule has 1 aromatic heterocycles. The molecule has 1 radical (unpaired) electrons. The zero-order valence-corrected chi connectivity index (χ0v) is 9.02. The Kier molecular flexibility index (Phi) is 26.9. The van der Waals surface area contributed by atoms with Crippen LogP contribution in [-0.4, -0.2) is 30.4 Å². The number of aromatic amines is 1. The smallest absolute Gasteiger partial charge is 0.356 e. The minimum Gasteiger partial charge on any atom is -0.356 e. The standard InChI is InChI=1S/C2H3N3.Fe.3NO3/c1-3-2-5-4-1;;3*2-1(3)4/h1-2H,(H,3,4,5);;;;/q;+3;3*-1. The van der Waals surface area contributed by atoms with Crippen molar-refractivity contribution in [3.05, 3.63) is 58.6 Å². The molecule has 18 heavy (non-hydrogen) atoms. The van der Waals surface area contributed by atoms with Gasteiger partial charge in [0.05, 0.1) is 15.3 Å². The first-order chi connectivity index (χ1) is 7.70. The number of rotatable bonds is 0. The molecule has 1 rings (SSSR count). The van der Waals surface area contributed by atoms with Crippen LogP contribution in [0.2, 0.25) is 0 Å². The summed E-state index contributed by atoms with van der Waals surface area (Å²) in [5.74, 6) is 0. The maximum Gasteiger partial charge on any atom is 3.00 e. The van der Waals surface area contributed by atoms with Crippen molar-refractivity contribution in [2.45, 2.75) is 0 Å². The van der Waals surface area contributed by atoms with Crippen LogP contribution in [0.15, 0.2) is 12.7 Å². The third kappa shape index (κ3) is 390. The Morgan fingerprint density at radius 3 is 1.17 bits per heavy atom. The first-order valence-electron chi connectivity index (χ1n) is 2.93. The van der Waals surface area contributed by atoms with Gasteiger partial charge in [-0.15, -0.1) is 0 Å². The van der Waals surface area contributed by atoms with Gasteiger partial charge >= 0.3 is 17.1 Å². The first-order valence-corrected chi connectivity index (χ1v) is 2.93. The van der Waals surface area contributed by atoms with E-state index in [2.05, 4.69) is 15.2 Å². The number of hydrogen-bond acceptors (Lipinski definition) is 11. The Labute approximate surface area is 107 Å². The van der Waals surface area contributed by atoms with E-state index in [-0.39, 0.29) is 17.1 Å². The molecule has 0 spiro atoms. The summed E-state index contributed by atoms with van der Waals surface area (Å²) in [6.07, 6.45) is 2.96. The number of H-pyrrole nitrogens is 1. The summed E-state index contributed by atoms with van der Waals surface area (Å²) in [6.45, 7) is 0. The molecule has 0 fully saturated rings. The van der Waals surface area contributed by atoms with Crippen molar-refractivity contribution in [2.24, 2.45) is 0 Å². The molecule has 16 heteroatoms. The van der Waals surface area contributed by atoms with E-state index in [9.17, 15) is 0 Å². The maximum atomic E-state index is 8.25. The minimum atomic E-state index is -1.75. The van der Waals surface area contributed by atoms with Crippen LogP contribution in [0, 0.1) is 46.0 Å². The second-order valence-corrected chi connectivity index (χ2v) is 1.32. The molecule has 0 aliphatic rings. The predicted octanol–water partition coefficient (Wildman–Crippen LogP) is -0.915. The summed E-state index contributed by atoms with van der Waals surface area (Å²) in [6, 6.07) is 0. The molecule has 0 atom stereocenters. The molecule has 0 amide bonds. The molecule has 0 aliphatic heterocycles. The predicted molar refractivity (Wildman–Crippen MR) is 47.5 cm³/mol. The summed E-state index contributed by atoms with van der Waals surface area (Å²) in [4.78, 5) is 28.3. The fourth-order valence-electron chi connectivity index (χ4n) is 0.167. The summed E-state index contributed by atoms with van der Waals surface area (Å²) in [7, 11) is 0. The quantitative estimate of drug-likeness (QED) is 0.348. The van der Waals surface area contributed by atoms with Crippen molar-refractivity contribution in [3.8, 4) is 0 Å². The zero-order chi connectivity index (χ0) is 14.3. The molecule has 103 valence electrons. The number of nitrogens with zero attached hydrogens (tertiary/aromatic N) is 5. The molecular weight excluding hydrogens is 308 g/mol. The molecule has 1 heterocycles. The molecule has 0 bridgehead atoms. The van der Waals surface area contributed by atoms with Gasteiger partial charge in [-0.05, 0) is 0 Å². The molecule has 0 aromatic carbocycles. The van der Waals surface area contributed by atoms with Gasteiger partial charge in [-0.2, -0.15) is 5.10 Å². The van der Waals surface area contributed by atoms with Gasteiger partial charge in [0, 0.05) is 0 Å². The molecule has 0 aliphatic carbocycles. The summed E-state index contributed by atoms with van der Waals surface area (Å²) >= 11 is 0. The van der Waals surface area contributed by atoms with Gasteiger partial charge in [-0.25, -0.2) is 4.98 Å². The van der Waals surface area contributed by atoms with Gasteiger partial charge in [0.15, 0.2) is 0 Å². The average molecular weight is 311 g/mol. The fourth-order valence-corrected chi connectivity index (χ4v) is 0.167. The Balaban J connectivity index is -0.0000000719. The van der Waals surface area contributed by atoms with Crippen LogP contribution in [0.4, 0.5) is 0 Å². The van der Waals surface area contributed by atoms with Gasteiger partial charge in [0.25, 0.3) is 0 Å². The number of nitrogens with one attached hydrogen (secondary N) is 1. The van der Waals surface area contributed by atoms with E-state index in [1.165, 1.54) is 12.7 Å². The van der Waals surface area contributed by atoms with Crippen LogP contribution in [-0.2, 0) is 17.1 Å². The molecular formula is C2H3FeN6O9. The van der Waals surface area contributed by atoms with Crippen LogP contribution >= 0.6 is 0 Å². The van der Waals surface area contributed by atoms with E-state index in [4.69, 9.17) is 46.0 Å². The van der Waals surface area contributed by atoms with E-state index in [0.29, 0.717) is 0 Å². The molecule has 0 unspecified atom stereocenters. The van der Waals surface area contributed by atoms with E-state index < -0.39 is 15.3 Å². The van der Waals surface area contributed by atoms with Crippen LogP contribution in [0.1, 0.15) is 0 Å². The van der Waals surface area contributed by atoms with Crippen molar-refractivity contribution in [3.63, 3.8) is 0 Å². The van der Waals surface area contributed by atoms with Crippen molar-refractivity contribution in [1.29, 1.82) is 0 Å².